The van der Waals surface area contributed by atoms with Gasteiger partial charge in [-0.3, -0.25) is 0 Å². The van der Waals surface area contributed by atoms with Crippen LogP contribution in [0.4, 0.5) is 0 Å². The number of aromatic nitrogens is 2. The quantitative estimate of drug-likeness (QED) is 0.875. The Hall–Kier alpha value is -1.78. The van der Waals surface area contributed by atoms with Crippen molar-refractivity contribution in [2.75, 3.05) is 6.54 Å². The van der Waals surface area contributed by atoms with Gasteiger partial charge in [0.15, 0.2) is 5.82 Å². The van der Waals surface area contributed by atoms with Gasteiger partial charge >= 0.3 is 0 Å². The molecule has 0 aliphatic carbocycles. The van der Waals surface area contributed by atoms with Gasteiger partial charge in [0.25, 0.3) is 0 Å². The van der Waals surface area contributed by atoms with E-state index in [1.807, 2.05) is 12.1 Å². The fourth-order valence-electron chi connectivity index (χ4n) is 2.22. The minimum Gasteiger partial charge on any atom is -0.384 e. The molecule has 2 aromatic rings. The third-order valence-electron chi connectivity index (χ3n) is 3.52. The number of nitrogens with zero attached hydrogens (tertiary/aromatic N) is 2. The van der Waals surface area contributed by atoms with E-state index in [1.54, 1.807) is 18.5 Å². The molecule has 3 N–H and O–H groups in total. The van der Waals surface area contributed by atoms with Crippen molar-refractivity contribution in [3.05, 3.63) is 59.7 Å². The van der Waals surface area contributed by atoms with E-state index in [0.29, 0.717) is 18.3 Å². The number of aliphatic hydroxyl groups is 1. The largest absolute Gasteiger partial charge is 0.384 e. The van der Waals surface area contributed by atoms with Crippen LogP contribution < -0.4 is 5.73 Å². The Morgan fingerprint density at radius 3 is 2.10 bits per heavy atom. The van der Waals surface area contributed by atoms with E-state index < -0.39 is 6.10 Å². The van der Waals surface area contributed by atoms with Crippen LogP contribution in [0.25, 0.3) is 0 Å². The molecule has 1 heterocycles. The second-order valence-electron chi connectivity index (χ2n) is 5.22. The van der Waals surface area contributed by atoms with Crippen molar-refractivity contribution >= 4 is 0 Å². The van der Waals surface area contributed by atoms with Crippen molar-refractivity contribution in [3.63, 3.8) is 0 Å². The molecule has 2 unspecified atom stereocenters. The fourth-order valence-corrected chi connectivity index (χ4v) is 2.22. The molecule has 2 atom stereocenters. The molecule has 2 rings (SSSR count). The predicted octanol–water partition coefficient (Wildman–Crippen LogP) is 2.38. The number of aliphatic hydroxyl groups excluding tert-OH is 1. The first-order chi connectivity index (χ1) is 9.63. The Kier molecular flexibility index (Phi) is 4.82. The highest BCUT2D eigenvalue weighted by Gasteiger charge is 2.23. The summed E-state index contributed by atoms with van der Waals surface area (Å²) in [5, 5.41) is 10.4. The molecule has 0 aliphatic rings. The standard InChI is InChI=1S/C16H21N3O/c1-11(2)12-4-6-13(7-5-12)14(10-17)15(20)16-18-8-3-9-19-16/h3-9,11,14-15,20H,10,17H2,1-2H3. The van der Waals surface area contributed by atoms with Gasteiger partial charge in [0.1, 0.15) is 6.10 Å². The lowest BCUT2D eigenvalue weighted by molar-refractivity contribution is 0.138. The van der Waals surface area contributed by atoms with Crippen LogP contribution >= 0.6 is 0 Å². The zero-order valence-corrected chi connectivity index (χ0v) is 11.9. The van der Waals surface area contributed by atoms with Gasteiger partial charge in [0.05, 0.1) is 0 Å². The second kappa shape index (κ2) is 6.59. The van der Waals surface area contributed by atoms with E-state index in [9.17, 15) is 5.11 Å². The molecule has 0 radical (unpaired) electrons. The average molecular weight is 271 g/mol. The molecular weight excluding hydrogens is 250 g/mol. The minimum atomic E-state index is -0.786. The van der Waals surface area contributed by atoms with E-state index in [1.165, 1.54) is 5.56 Å². The number of hydrogen-bond donors (Lipinski definition) is 2. The highest BCUT2D eigenvalue weighted by molar-refractivity contribution is 5.28. The first-order valence-electron chi connectivity index (χ1n) is 6.88. The number of rotatable bonds is 5. The summed E-state index contributed by atoms with van der Waals surface area (Å²) in [7, 11) is 0. The van der Waals surface area contributed by atoms with E-state index in [0.717, 1.165) is 5.56 Å². The SMILES string of the molecule is CC(C)c1ccc(C(CN)C(O)c2ncccn2)cc1. The van der Waals surface area contributed by atoms with E-state index in [-0.39, 0.29) is 5.92 Å². The summed E-state index contributed by atoms with van der Waals surface area (Å²) < 4.78 is 0. The Bertz CT molecular complexity index is 525. The summed E-state index contributed by atoms with van der Waals surface area (Å²) in [6, 6.07) is 9.95. The van der Waals surface area contributed by atoms with Crippen LogP contribution in [0.5, 0.6) is 0 Å². The molecule has 1 aromatic heterocycles. The van der Waals surface area contributed by atoms with Crippen LogP contribution in [0, 0.1) is 0 Å². The monoisotopic (exact) mass is 271 g/mol. The molecule has 106 valence electrons. The van der Waals surface area contributed by atoms with Crippen LogP contribution in [0.2, 0.25) is 0 Å². The molecule has 0 bridgehead atoms. The van der Waals surface area contributed by atoms with Gasteiger partial charge in [-0.25, -0.2) is 9.97 Å². The molecular formula is C16H21N3O. The number of benzene rings is 1. The Labute approximate surface area is 119 Å². The minimum absolute atomic E-state index is 0.196. The summed E-state index contributed by atoms with van der Waals surface area (Å²) in [6.45, 7) is 4.66. The molecule has 4 nitrogen and oxygen atoms in total. The lowest BCUT2D eigenvalue weighted by atomic mass is 9.91. The van der Waals surface area contributed by atoms with Crippen molar-refractivity contribution in [2.24, 2.45) is 5.73 Å². The Morgan fingerprint density at radius 2 is 1.60 bits per heavy atom. The van der Waals surface area contributed by atoms with Gasteiger partial charge in [-0.2, -0.15) is 0 Å². The maximum Gasteiger partial charge on any atom is 0.157 e. The smallest absolute Gasteiger partial charge is 0.157 e. The summed E-state index contributed by atoms with van der Waals surface area (Å²) in [6.07, 6.45) is 2.47. The normalized spacial score (nSPS) is 14.2. The van der Waals surface area contributed by atoms with Crippen molar-refractivity contribution in [2.45, 2.75) is 31.8 Å². The van der Waals surface area contributed by atoms with Gasteiger partial charge in [-0.05, 0) is 23.1 Å². The second-order valence-corrected chi connectivity index (χ2v) is 5.22. The summed E-state index contributed by atoms with van der Waals surface area (Å²) in [4.78, 5) is 8.20. The molecule has 0 saturated heterocycles. The van der Waals surface area contributed by atoms with Gasteiger partial charge in [-0.1, -0.05) is 38.1 Å². The van der Waals surface area contributed by atoms with Gasteiger partial charge in [-0.15, -0.1) is 0 Å². The van der Waals surface area contributed by atoms with Crippen LogP contribution in [0.15, 0.2) is 42.7 Å². The molecule has 0 spiro atoms. The Morgan fingerprint density at radius 1 is 1.05 bits per heavy atom. The van der Waals surface area contributed by atoms with Crippen LogP contribution in [0.3, 0.4) is 0 Å². The van der Waals surface area contributed by atoms with Crippen LogP contribution in [0.1, 0.15) is 48.7 Å². The molecule has 20 heavy (non-hydrogen) atoms. The zero-order valence-electron chi connectivity index (χ0n) is 11.9. The fraction of sp³-hybridized carbons (Fsp3) is 0.375. The predicted molar refractivity (Wildman–Crippen MR) is 79.3 cm³/mol. The van der Waals surface area contributed by atoms with Crippen LogP contribution in [-0.4, -0.2) is 21.6 Å². The third-order valence-corrected chi connectivity index (χ3v) is 3.52. The zero-order chi connectivity index (χ0) is 14.5. The third kappa shape index (κ3) is 3.21. The lowest BCUT2D eigenvalue weighted by Gasteiger charge is -2.21. The molecule has 0 fully saturated rings. The first-order valence-corrected chi connectivity index (χ1v) is 6.88. The lowest BCUT2D eigenvalue weighted by Crippen LogP contribution is -2.21. The summed E-state index contributed by atoms with van der Waals surface area (Å²) in [5.41, 5.74) is 8.11. The molecule has 4 heteroatoms. The maximum absolute atomic E-state index is 10.4. The van der Waals surface area contributed by atoms with Gasteiger partial charge in [0, 0.05) is 24.9 Å². The van der Waals surface area contributed by atoms with Crippen molar-refractivity contribution in [3.8, 4) is 0 Å². The molecule has 0 aliphatic heterocycles. The number of nitrogens with two attached hydrogens (primary N) is 1. The van der Waals surface area contributed by atoms with E-state index in [4.69, 9.17) is 5.73 Å². The summed E-state index contributed by atoms with van der Waals surface area (Å²) in [5.74, 6) is 0.706. The average Bonchev–Trinajstić information content (AvgIpc) is 2.49. The molecule has 0 saturated carbocycles. The maximum atomic E-state index is 10.4. The van der Waals surface area contributed by atoms with E-state index >= 15 is 0 Å². The summed E-state index contributed by atoms with van der Waals surface area (Å²) >= 11 is 0. The highest BCUT2D eigenvalue weighted by atomic mass is 16.3. The van der Waals surface area contributed by atoms with Crippen molar-refractivity contribution < 1.29 is 5.11 Å². The topological polar surface area (TPSA) is 72.0 Å². The van der Waals surface area contributed by atoms with Gasteiger partial charge in [0.2, 0.25) is 0 Å². The van der Waals surface area contributed by atoms with Crippen molar-refractivity contribution in [1.82, 2.24) is 9.97 Å². The van der Waals surface area contributed by atoms with Crippen LogP contribution in [-0.2, 0) is 0 Å². The number of hydrogen-bond acceptors (Lipinski definition) is 4. The highest BCUT2D eigenvalue weighted by Crippen LogP contribution is 2.29. The van der Waals surface area contributed by atoms with Gasteiger partial charge < -0.3 is 10.8 Å². The Balaban J connectivity index is 2.23. The van der Waals surface area contributed by atoms with Crippen molar-refractivity contribution in [1.29, 1.82) is 0 Å². The first kappa shape index (κ1) is 14.6. The molecule has 0 amide bonds. The van der Waals surface area contributed by atoms with E-state index in [2.05, 4.69) is 35.9 Å². The molecule has 1 aromatic carbocycles.